The van der Waals surface area contributed by atoms with Crippen LogP contribution in [0.25, 0.3) is 0 Å². The van der Waals surface area contributed by atoms with Crippen LogP contribution in [-0.2, 0) is 12.8 Å². The van der Waals surface area contributed by atoms with E-state index in [1.165, 1.54) is 0 Å². The molecule has 1 unspecified atom stereocenters. The van der Waals surface area contributed by atoms with Crippen LogP contribution in [-0.4, -0.2) is 26.2 Å². The summed E-state index contributed by atoms with van der Waals surface area (Å²) in [6, 6.07) is 13.8. The van der Waals surface area contributed by atoms with Gasteiger partial charge in [0.15, 0.2) is 17.3 Å². The van der Waals surface area contributed by atoms with Crippen molar-refractivity contribution in [3.05, 3.63) is 76.3 Å². The number of aromatic hydroxyl groups is 4. The molecule has 0 bridgehead atoms. The van der Waals surface area contributed by atoms with Gasteiger partial charge in [-0.3, -0.25) is 4.79 Å². The zero-order valence-electron chi connectivity index (χ0n) is 15.6. The Morgan fingerprint density at radius 2 is 1.48 bits per heavy atom. The van der Waals surface area contributed by atoms with Crippen molar-refractivity contribution in [3.8, 4) is 23.0 Å². The molecular weight excluding hydrogens is 370 g/mol. The van der Waals surface area contributed by atoms with Gasteiger partial charge in [0.25, 0.3) is 0 Å². The van der Waals surface area contributed by atoms with Gasteiger partial charge >= 0.3 is 0 Å². The predicted octanol–water partition coefficient (Wildman–Crippen LogP) is 3.59. The molecule has 6 heteroatoms. The summed E-state index contributed by atoms with van der Waals surface area (Å²) in [6.07, 6.45) is 0.853. The molecule has 0 amide bonds. The summed E-state index contributed by atoms with van der Waals surface area (Å²) in [6.45, 7) is 0. The number of Topliss-reactive ketones (excluding diaryl/α,β-unsaturated/α-hetero) is 1. The second-order valence-corrected chi connectivity index (χ2v) is 7.42. The number of hydrogen-bond donors (Lipinski definition) is 5. The van der Waals surface area contributed by atoms with E-state index in [1.807, 2.05) is 12.1 Å². The first-order valence-electron chi connectivity index (χ1n) is 9.30. The first kappa shape index (κ1) is 18.7. The van der Waals surface area contributed by atoms with Gasteiger partial charge in [0.2, 0.25) is 5.75 Å². The molecule has 1 aliphatic carbocycles. The van der Waals surface area contributed by atoms with Crippen molar-refractivity contribution in [2.45, 2.75) is 25.2 Å². The van der Waals surface area contributed by atoms with Crippen LogP contribution in [0.2, 0.25) is 0 Å². The molecule has 1 atom stereocenters. The average Bonchev–Trinajstić information content (AvgIpc) is 2.71. The molecule has 3 aromatic carbocycles. The van der Waals surface area contributed by atoms with Crippen LogP contribution in [0.4, 0.5) is 5.69 Å². The maximum Gasteiger partial charge on any atom is 0.201 e. The van der Waals surface area contributed by atoms with Crippen molar-refractivity contribution in [1.82, 2.24) is 0 Å². The summed E-state index contributed by atoms with van der Waals surface area (Å²) in [5, 5.41) is 40.6. The molecule has 0 heterocycles. The molecule has 6 N–H and O–H groups in total. The SMILES string of the molecule is Nc1ccc(Cc2c(O)c(O)c(O)c3c2CC(c2ccc(O)cc2)CC3=O)cc1. The van der Waals surface area contributed by atoms with Gasteiger partial charge in [0, 0.05) is 24.1 Å². The molecule has 148 valence electrons. The quantitative estimate of drug-likeness (QED) is 0.343. The number of fused-ring (bicyclic) bond motifs is 1. The smallest absolute Gasteiger partial charge is 0.201 e. The van der Waals surface area contributed by atoms with Crippen LogP contribution in [0.15, 0.2) is 48.5 Å². The average molecular weight is 391 g/mol. The van der Waals surface area contributed by atoms with Crippen molar-refractivity contribution in [3.63, 3.8) is 0 Å². The number of carbonyl (C=O) groups is 1. The van der Waals surface area contributed by atoms with Gasteiger partial charge in [0.05, 0.1) is 5.56 Å². The van der Waals surface area contributed by atoms with E-state index in [0.29, 0.717) is 23.2 Å². The standard InChI is InChI=1S/C23H21NO5/c24-15-5-1-12(2-6-15)9-18-17-10-14(13-3-7-16(25)8-4-13)11-19(26)20(17)22(28)23(29)21(18)27/h1-8,14,25,27-29H,9-11,24H2. The third kappa shape index (κ3) is 3.33. The van der Waals surface area contributed by atoms with E-state index >= 15 is 0 Å². The summed E-state index contributed by atoms with van der Waals surface area (Å²) >= 11 is 0. The Bertz CT molecular complexity index is 1090. The largest absolute Gasteiger partial charge is 0.508 e. The lowest BCUT2D eigenvalue weighted by Gasteiger charge is -2.28. The monoisotopic (exact) mass is 391 g/mol. The van der Waals surface area contributed by atoms with E-state index in [1.54, 1.807) is 36.4 Å². The number of rotatable bonds is 3. The van der Waals surface area contributed by atoms with E-state index in [0.717, 1.165) is 11.1 Å². The fraction of sp³-hybridized carbons (Fsp3) is 0.174. The highest BCUT2D eigenvalue weighted by molar-refractivity contribution is 6.03. The fourth-order valence-electron chi connectivity index (χ4n) is 3.99. The summed E-state index contributed by atoms with van der Waals surface area (Å²) in [7, 11) is 0. The minimum atomic E-state index is -0.675. The predicted molar refractivity (Wildman–Crippen MR) is 109 cm³/mol. The van der Waals surface area contributed by atoms with Crippen molar-refractivity contribution < 1.29 is 25.2 Å². The van der Waals surface area contributed by atoms with Gasteiger partial charge in [-0.25, -0.2) is 0 Å². The van der Waals surface area contributed by atoms with E-state index in [-0.39, 0.29) is 35.9 Å². The van der Waals surface area contributed by atoms with Crippen molar-refractivity contribution in [2.75, 3.05) is 5.73 Å². The number of nitrogen functional groups attached to an aromatic ring is 1. The third-order valence-corrected chi connectivity index (χ3v) is 5.52. The Balaban J connectivity index is 1.81. The molecular formula is C23H21NO5. The summed E-state index contributed by atoms with van der Waals surface area (Å²) in [5.41, 5.74) is 9.08. The Kier molecular flexibility index (Phi) is 4.54. The Morgan fingerprint density at radius 1 is 0.828 bits per heavy atom. The number of ketones is 1. The van der Waals surface area contributed by atoms with Gasteiger partial charge in [-0.1, -0.05) is 24.3 Å². The zero-order chi connectivity index (χ0) is 20.7. The van der Waals surface area contributed by atoms with Gasteiger partial charge < -0.3 is 26.2 Å². The highest BCUT2D eigenvalue weighted by Gasteiger charge is 2.34. The molecule has 4 rings (SSSR count). The molecule has 0 spiro atoms. The van der Waals surface area contributed by atoms with E-state index in [2.05, 4.69) is 0 Å². The minimum absolute atomic E-state index is 0.0702. The highest BCUT2D eigenvalue weighted by Crippen LogP contribution is 2.48. The number of hydrogen-bond acceptors (Lipinski definition) is 6. The lowest BCUT2D eigenvalue weighted by Crippen LogP contribution is -2.21. The molecule has 0 saturated carbocycles. The zero-order valence-corrected chi connectivity index (χ0v) is 15.6. The van der Waals surface area contributed by atoms with Crippen molar-refractivity contribution in [2.24, 2.45) is 0 Å². The van der Waals surface area contributed by atoms with Crippen LogP contribution >= 0.6 is 0 Å². The second-order valence-electron chi connectivity index (χ2n) is 7.42. The third-order valence-electron chi connectivity index (χ3n) is 5.52. The summed E-state index contributed by atoms with van der Waals surface area (Å²) in [5.74, 6) is -1.99. The molecule has 0 aliphatic heterocycles. The first-order valence-corrected chi connectivity index (χ1v) is 9.30. The maximum absolute atomic E-state index is 12.9. The molecule has 0 aromatic heterocycles. The van der Waals surface area contributed by atoms with Crippen LogP contribution in [0.1, 0.15) is 45.0 Å². The van der Waals surface area contributed by atoms with Crippen LogP contribution in [0.5, 0.6) is 23.0 Å². The van der Waals surface area contributed by atoms with Crippen LogP contribution in [0, 0.1) is 0 Å². The number of anilines is 1. The normalized spacial score (nSPS) is 15.9. The first-order chi connectivity index (χ1) is 13.8. The maximum atomic E-state index is 12.9. The minimum Gasteiger partial charge on any atom is -0.508 e. The molecule has 6 nitrogen and oxygen atoms in total. The van der Waals surface area contributed by atoms with Gasteiger partial charge in [-0.05, 0) is 53.3 Å². The van der Waals surface area contributed by atoms with Gasteiger partial charge in [-0.15, -0.1) is 0 Å². The molecule has 29 heavy (non-hydrogen) atoms. The van der Waals surface area contributed by atoms with Gasteiger partial charge in [-0.2, -0.15) is 0 Å². The number of nitrogens with two attached hydrogens (primary N) is 1. The number of benzene rings is 3. The van der Waals surface area contributed by atoms with Crippen molar-refractivity contribution >= 4 is 11.5 Å². The topological polar surface area (TPSA) is 124 Å². The lowest BCUT2D eigenvalue weighted by molar-refractivity contribution is 0.0960. The number of phenols is 4. The van der Waals surface area contributed by atoms with E-state index < -0.39 is 17.2 Å². The Labute approximate surface area is 167 Å². The van der Waals surface area contributed by atoms with Crippen LogP contribution < -0.4 is 5.73 Å². The molecule has 0 saturated heterocycles. The Morgan fingerprint density at radius 3 is 2.14 bits per heavy atom. The number of phenolic OH excluding ortho intramolecular Hbond substituents is 4. The van der Waals surface area contributed by atoms with Crippen molar-refractivity contribution in [1.29, 1.82) is 0 Å². The lowest BCUT2D eigenvalue weighted by atomic mass is 9.76. The summed E-state index contributed by atoms with van der Waals surface area (Å²) in [4.78, 5) is 12.9. The number of carbonyl (C=O) groups excluding carboxylic acids is 1. The molecule has 0 radical (unpaired) electrons. The van der Waals surface area contributed by atoms with E-state index in [4.69, 9.17) is 5.73 Å². The van der Waals surface area contributed by atoms with Gasteiger partial charge in [0.1, 0.15) is 5.75 Å². The summed E-state index contributed by atoms with van der Waals surface area (Å²) < 4.78 is 0. The molecule has 0 fully saturated rings. The highest BCUT2D eigenvalue weighted by atomic mass is 16.3. The molecule has 3 aromatic rings. The molecule has 1 aliphatic rings. The Hall–Kier alpha value is -3.67. The van der Waals surface area contributed by atoms with E-state index in [9.17, 15) is 25.2 Å². The second kappa shape index (κ2) is 7.05. The fourth-order valence-corrected chi connectivity index (χ4v) is 3.99. The van der Waals surface area contributed by atoms with Crippen LogP contribution in [0.3, 0.4) is 0 Å².